The van der Waals surface area contributed by atoms with E-state index in [-0.39, 0.29) is 0 Å². The maximum atomic E-state index is 12.9. The van der Waals surface area contributed by atoms with Gasteiger partial charge in [-0.3, -0.25) is 0 Å². The van der Waals surface area contributed by atoms with Crippen LogP contribution in [0.1, 0.15) is 22.3 Å². The number of anilines is 1. The van der Waals surface area contributed by atoms with E-state index in [1.807, 2.05) is 0 Å². The van der Waals surface area contributed by atoms with Gasteiger partial charge >= 0.3 is 5.97 Å². The zero-order chi connectivity index (χ0) is 10.9. The van der Waals surface area contributed by atoms with Crippen LogP contribution in [0.3, 0.4) is 0 Å². The number of nitrogen functional groups attached to an aromatic ring is 1. The number of benzene rings is 1. The normalized spacial score (nSPS) is 10.6. The summed E-state index contributed by atoms with van der Waals surface area (Å²) >= 11 is 0. The molecule has 0 unspecified atom stereocenters. The highest BCUT2D eigenvalue weighted by molar-refractivity contribution is 5.89. The SMILES string of the molecule is Nc1cc(C(=O)O)c(F)cc1C(F)F. The molecule has 0 bridgehead atoms. The lowest BCUT2D eigenvalue weighted by atomic mass is 10.1. The highest BCUT2D eigenvalue weighted by Crippen LogP contribution is 2.27. The van der Waals surface area contributed by atoms with Gasteiger partial charge in [0.1, 0.15) is 5.82 Å². The number of alkyl halides is 2. The zero-order valence-electron chi connectivity index (χ0n) is 6.80. The molecule has 3 nitrogen and oxygen atoms in total. The van der Waals surface area contributed by atoms with Gasteiger partial charge in [0.05, 0.1) is 5.56 Å². The Hall–Kier alpha value is -1.72. The quantitative estimate of drug-likeness (QED) is 0.726. The molecule has 76 valence electrons. The lowest BCUT2D eigenvalue weighted by Crippen LogP contribution is -2.05. The Morgan fingerprint density at radius 3 is 2.43 bits per heavy atom. The van der Waals surface area contributed by atoms with Crippen LogP contribution < -0.4 is 5.73 Å². The molecule has 0 aromatic heterocycles. The number of aromatic carboxylic acids is 1. The standard InChI is InChI=1S/C8H6F3NO2/c9-5-1-4(7(10)11)6(12)2-3(5)8(13)14/h1-2,7H,12H2,(H,13,14). The van der Waals surface area contributed by atoms with Crippen molar-refractivity contribution in [2.24, 2.45) is 0 Å². The van der Waals surface area contributed by atoms with Crippen LogP contribution in [0, 0.1) is 5.82 Å². The van der Waals surface area contributed by atoms with Crippen LogP contribution in [0.25, 0.3) is 0 Å². The summed E-state index contributed by atoms with van der Waals surface area (Å²) in [4.78, 5) is 10.4. The highest BCUT2D eigenvalue weighted by atomic mass is 19.3. The second kappa shape index (κ2) is 3.57. The molecule has 14 heavy (non-hydrogen) atoms. The largest absolute Gasteiger partial charge is 0.478 e. The second-order valence-electron chi connectivity index (χ2n) is 2.57. The number of hydrogen-bond acceptors (Lipinski definition) is 2. The van der Waals surface area contributed by atoms with Gasteiger partial charge in [-0.1, -0.05) is 0 Å². The Morgan fingerprint density at radius 1 is 1.43 bits per heavy atom. The third kappa shape index (κ3) is 1.78. The van der Waals surface area contributed by atoms with Crippen LogP contribution in [0.15, 0.2) is 12.1 Å². The monoisotopic (exact) mass is 205 g/mol. The molecule has 0 aliphatic carbocycles. The Kier molecular flexibility index (Phi) is 2.64. The van der Waals surface area contributed by atoms with E-state index in [0.29, 0.717) is 12.1 Å². The van der Waals surface area contributed by atoms with Gasteiger partial charge in [0.25, 0.3) is 6.43 Å². The minimum absolute atomic E-state index is 0.432. The van der Waals surface area contributed by atoms with Gasteiger partial charge in [-0.2, -0.15) is 0 Å². The first kappa shape index (κ1) is 10.4. The molecule has 0 saturated heterocycles. The van der Waals surface area contributed by atoms with Crippen LogP contribution in [-0.2, 0) is 0 Å². The molecule has 0 heterocycles. The zero-order valence-corrected chi connectivity index (χ0v) is 6.80. The smallest absolute Gasteiger partial charge is 0.338 e. The van der Waals surface area contributed by atoms with Gasteiger partial charge in [-0.25, -0.2) is 18.0 Å². The summed E-state index contributed by atoms with van der Waals surface area (Å²) in [5.41, 5.74) is 3.27. The summed E-state index contributed by atoms with van der Waals surface area (Å²) in [6.45, 7) is 0. The van der Waals surface area contributed by atoms with E-state index in [1.54, 1.807) is 0 Å². The molecule has 0 fully saturated rings. The summed E-state index contributed by atoms with van der Waals surface area (Å²) in [7, 11) is 0. The fraction of sp³-hybridized carbons (Fsp3) is 0.125. The van der Waals surface area contributed by atoms with Gasteiger partial charge in [-0.15, -0.1) is 0 Å². The number of carbonyl (C=O) groups is 1. The predicted octanol–water partition coefficient (Wildman–Crippen LogP) is 2.04. The molecule has 0 spiro atoms. The number of carboxylic acid groups (broad SMARTS) is 1. The van der Waals surface area contributed by atoms with Gasteiger partial charge in [0.15, 0.2) is 0 Å². The van der Waals surface area contributed by atoms with Crippen molar-refractivity contribution in [3.8, 4) is 0 Å². The Morgan fingerprint density at radius 2 is 2.00 bits per heavy atom. The van der Waals surface area contributed by atoms with Crippen molar-refractivity contribution in [3.63, 3.8) is 0 Å². The van der Waals surface area contributed by atoms with Crippen molar-refractivity contribution in [1.82, 2.24) is 0 Å². The van der Waals surface area contributed by atoms with E-state index in [0.717, 1.165) is 0 Å². The molecule has 0 saturated carbocycles. The van der Waals surface area contributed by atoms with E-state index >= 15 is 0 Å². The third-order valence-corrected chi connectivity index (χ3v) is 1.64. The fourth-order valence-corrected chi connectivity index (χ4v) is 0.958. The lowest BCUT2D eigenvalue weighted by Gasteiger charge is -2.06. The van der Waals surface area contributed by atoms with Crippen molar-refractivity contribution in [1.29, 1.82) is 0 Å². The maximum absolute atomic E-state index is 12.9. The van der Waals surface area contributed by atoms with E-state index in [1.165, 1.54) is 0 Å². The molecule has 0 atom stereocenters. The summed E-state index contributed by atoms with van der Waals surface area (Å²) in [6.07, 6.45) is -2.92. The third-order valence-electron chi connectivity index (χ3n) is 1.64. The predicted molar refractivity (Wildman–Crippen MR) is 42.7 cm³/mol. The summed E-state index contributed by atoms with van der Waals surface area (Å²) in [5, 5.41) is 8.44. The molecule has 0 aliphatic rings. The van der Waals surface area contributed by atoms with Crippen molar-refractivity contribution in [3.05, 3.63) is 29.1 Å². The highest BCUT2D eigenvalue weighted by Gasteiger charge is 2.18. The minimum Gasteiger partial charge on any atom is -0.478 e. The first-order chi connectivity index (χ1) is 6.43. The van der Waals surface area contributed by atoms with E-state index in [2.05, 4.69) is 0 Å². The van der Waals surface area contributed by atoms with Crippen LogP contribution in [-0.4, -0.2) is 11.1 Å². The number of halogens is 3. The van der Waals surface area contributed by atoms with Crippen LogP contribution in [0.4, 0.5) is 18.9 Å². The average Bonchev–Trinajstić information content (AvgIpc) is 2.07. The number of hydrogen-bond donors (Lipinski definition) is 2. The van der Waals surface area contributed by atoms with Crippen molar-refractivity contribution < 1.29 is 23.1 Å². The maximum Gasteiger partial charge on any atom is 0.338 e. The number of carboxylic acids is 1. The molecule has 1 aromatic rings. The molecule has 1 aromatic carbocycles. The molecular weight excluding hydrogens is 199 g/mol. The van der Waals surface area contributed by atoms with E-state index in [9.17, 15) is 18.0 Å². The fourth-order valence-electron chi connectivity index (χ4n) is 0.958. The van der Waals surface area contributed by atoms with Gasteiger partial charge in [-0.05, 0) is 12.1 Å². The Balaban J connectivity index is 3.31. The molecule has 0 radical (unpaired) electrons. The van der Waals surface area contributed by atoms with Crippen molar-refractivity contribution in [2.75, 3.05) is 5.73 Å². The molecular formula is C8H6F3NO2. The van der Waals surface area contributed by atoms with Crippen LogP contribution in [0.2, 0.25) is 0 Å². The summed E-state index contributed by atoms with van der Waals surface area (Å²) in [6, 6.07) is 1.11. The number of rotatable bonds is 2. The molecule has 6 heteroatoms. The van der Waals surface area contributed by atoms with Gasteiger partial charge in [0, 0.05) is 11.3 Å². The molecule has 0 aliphatic heterocycles. The summed E-state index contributed by atoms with van der Waals surface area (Å²) in [5.74, 6) is -2.77. The van der Waals surface area contributed by atoms with Crippen molar-refractivity contribution >= 4 is 11.7 Å². The lowest BCUT2D eigenvalue weighted by molar-refractivity contribution is 0.0691. The Labute approximate surface area is 77.0 Å². The molecule has 3 N–H and O–H groups in total. The second-order valence-corrected chi connectivity index (χ2v) is 2.57. The van der Waals surface area contributed by atoms with Gasteiger partial charge < -0.3 is 10.8 Å². The molecule has 1 rings (SSSR count). The van der Waals surface area contributed by atoms with Crippen LogP contribution in [0.5, 0.6) is 0 Å². The van der Waals surface area contributed by atoms with E-state index in [4.69, 9.17) is 10.8 Å². The topological polar surface area (TPSA) is 63.3 Å². The van der Waals surface area contributed by atoms with Crippen LogP contribution >= 0.6 is 0 Å². The summed E-state index contributed by atoms with van der Waals surface area (Å²) < 4.78 is 37.2. The Bertz CT molecular complexity index is 379. The van der Waals surface area contributed by atoms with E-state index < -0.39 is 35.0 Å². The number of nitrogens with two attached hydrogens (primary N) is 1. The minimum atomic E-state index is -2.92. The van der Waals surface area contributed by atoms with Gasteiger partial charge in [0.2, 0.25) is 0 Å². The first-order valence-corrected chi connectivity index (χ1v) is 3.54. The first-order valence-electron chi connectivity index (χ1n) is 3.54. The average molecular weight is 205 g/mol. The molecule has 0 amide bonds. The van der Waals surface area contributed by atoms with Crippen molar-refractivity contribution in [2.45, 2.75) is 6.43 Å².